The summed E-state index contributed by atoms with van der Waals surface area (Å²) in [4.78, 5) is 0. The molecule has 0 N–H and O–H groups in total. The molecule has 0 aromatic heterocycles. The van der Waals surface area contributed by atoms with Crippen molar-refractivity contribution in [2.45, 2.75) is 18.9 Å². The molecule has 0 aliphatic carbocycles. The summed E-state index contributed by atoms with van der Waals surface area (Å²) in [5.74, 6) is 0. The highest BCUT2D eigenvalue weighted by molar-refractivity contribution is 6.46. The van der Waals surface area contributed by atoms with Crippen molar-refractivity contribution >= 4 is 9.52 Å². The van der Waals surface area contributed by atoms with Gasteiger partial charge in [-0.25, -0.2) is 0 Å². The van der Waals surface area contributed by atoms with E-state index in [0.717, 1.165) is 0 Å². The topological polar surface area (TPSA) is 0 Å². The van der Waals surface area contributed by atoms with Gasteiger partial charge < -0.3 is 0 Å². The van der Waals surface area contributed by atoms with E-state index in [1.54, 1.807) is 5.20 Å². The molecule has 1 rings (SSSR count). The summed E-state index contributed by atoms with van der Waals surface area (Å²) in [6.07, 6.45) is 2.80. The number of allylic oxidation sites excluding steroid dienone is 1. The molecule has 0 aromatic carbocycles. The molecule has 1 heteroatoms. The van der Waals surface area contributed by atoms with Crippen LogP contribution in [0.25, 0.3) is 0 Å². The van der Waals surface area contributed by atoms with Gasteiger partial charge in [0.05, 0.1) is 0 Å². The van der Waals surface area contributed by atoms with Gasteiger partial charge in [0.25, 0.3) is 0 Å². The zero-order valence-corrected chi connectivity index (χ0v) is 5.45. The monoisotopic (exact) mass is 98.1 g/mol. The molecule has 0 radical (unpaired) electrons. The maximum Gasteiger partial charge on any atom is 0.0488 e. The molecular weight excluding hydrogens is 88.1 g/mol. The summed E-state index contributed by atoms with van der Waals surface area (Å²) in [5, 5.41) is 1.59. The third-order valence-corrected chi connectivity index (χ3v) is 3.22. The van der Waals surface area contributed by atoms with Crippen LogP contribution < -0.4 is 0 Å². The standard InChI is InChI=1S/C5H10Si/c1-5-3-2-4-6-5/h1-4,6H2. The van der Waals surface area contributed by atoms with Crippen LogP contribution in [0, 0.1) is 0 Å². The van der Waals surface area contributed by atoms with Gasteiger partial charge in [-0.3, -0.25) is 0 Å². The Morgan fingerprint density at radius 2 is 2.50 bits per heavy atom. The molecule has 0 bridgehead atoms. The van der Waals surface area contributed by atoms with Crippen LogP contribution in [0.4, 0.5) is 0 Å². The van der Waals surface area contributed by atoms with Gasteiger partial charge in [-0.2, -0.15) is 0 Å². The molecular formula is C5H10Si. The van der Waals surface area contributed by atoms with Crippen molar-refractivity contribution < 1.29 is 0 Å². The quantitative estimate of drug-likeness (QED) is 0.395. The molecule has 34 valence electrons. The lowest BCUT2D eigenvalue weighted by Crippen LogP contribution is -1.77. The zero-order chi connectivity index (χ0) is 4.41. The first-order valence-electron chi connectivity index (χ1n) is 2.56. The molecule has 1 fully saturated rings. The highest BCUT2D eigenvalue weighted by Crippen LogP contribution is 2.13. The van der Waals surface area contributed by atoms with E-state index in [-0.39, 0.29) is 9.52 Å². The summed E-state index contributed by atoms with van der Waals surface area (Å²) < 4.78 is 0. The Labute approximate surface area is 41.1 Å². The second kappa shape index (κ2) is 1.60. The van der Waals surface area contributed by atoms with E-state index in [1.807, 2.05) is 0 Å². The van der Waals surface area contributed by atoms with Crippen LogP contribution in [0.3, 0.4) is 0 Å². The average Bonchev–Trinajstić information content (AvgIpc) is 1.86. The molecule has 1 heterocycles. The van der Waals surface area contributed by atoms with E-state index in [4.69, 9.17) is 0 Å². The van der Waals surface area contributed by atoms with Gasteiger partial charge in [-0.15, -0.1) is 6.58 Å². The highest BCUT2D eigenvalue weighted by Gasteiger charge is 2.01. The SMILES string of the molecule is C=C1CCC[SiH2]1. The molecule has 0 atom stereocenters. The van der Waals surface area contributed by atoms with Crippen molar-refractivity contribution in [3.8, 4) is 0 Å². The first-order valence-corrected chi connectivity index (χ1v) is 4.27. The van der Waals surface area contributed by atoms with Crippen LogP contribution in [0.2, 0.25) is 6.04 Å². The molecule has 1 aliphatic rings. The molecule has 1 saturated heterocycles. The van der Waals surface area contributed by atoms with Crippen LogP contribution >= 0.6 is 0 Å². The molecule has 6 heavy (non-hydrogen) atoms. The fourth-order valence-electron chi connectivity index (χ4n) is 0.875. The first kappa shape index (κ1) is 4.12. The number of rotatable bonds is 0. The fraction of sp³-hybridized carbons (Fsp3) is 0.600. The minimum atomic E-state index is 0.273. The molecule has 0 amide bonds. The molecule has 0 spiro atoms. The predicted molar refractivity (Wildman–Crippen MR) is 31.7 cm³/mol. The Hall–Kier alpha value is -0.0431. The lowest BCUT2D eigenvalue weighted by molar-refractivity contribution is 0.987. The molecule has 0 aromatic rings. The summed E-state index contributed by atoms with van der Waals surface area (Å²) >= 11 is 0. The van der Waals surface area contributed by atoms with Crippen LogP contribution in [-0.2, 0) is 0 Å². The van der Waals surface area contributed by atoms with Crippen molar-refractivity contribution in [1.29, 1.82) is 0 Å². The smallest absolute Gasteiger partial charge is 0.0488 e. The van der Waals surface area contributed by atoms with Crippen molar-refractivity contribution in [3.05, 3.63) is 11.8 Å². The Bertz CT molecular complexity index is 58.3. The van der Waals surface area contributed by atoms with Crippen LogP contribution in [0.1, 0.15) is 12.8 Å². The van der Waals surface area contributed by atoms with Gasteiger partial charge in [0.2, 0.25) is 0 Å². The number of hydrogen-bond acceptors (Lipinski definition) is 0. The average molecular weight is 98.2 g/mol. The Kier molecular flexibility index (Phi) is 1.10. The first-order chi connectivity index (χ1) is 2.89. The second-order valence-electron chi connectivity index (χ2n) is 1.96. The highest BCUT2D eigenvalue weighted by atomic mass is 28.2. The van der Waals surface area contributed by atoms with Crippen LogP contribution in [0.5, 0.6) is 0 Å². The molecule has 0 saturated carbocycles. The fourth-order valence-corrected chi connectivity index (χ4v) is 2.37. The summed E-state index contributed by atoms with van der Waals surface area (Å²) in [6.45, 7) is 3.92. The summed E-state index contributed by atoms with van der Waals surface area (Å²) in [6, 6.07) is 1.53. The van der Waals surface area contributed by atoms with Gasteiger partial charge in [0.1, 0.15) is 0 Å². The van der Waals surface area contributed by atoms with Gasteiger partial charge in [0, 0.05) is 9.52 Å². The maximum absolute atomic E-state index is 3.92. The van der Waals surface area contributed by atoms with E-state index < -0.39 is 0 Å². The normalized spacial score (nSPS) is 26.3. The Morgan fingerprint density at radius 1 is 1.67 bits per heavy atom. The Balaban J connectivity index is 2.37. The van der Waals surface area contributed by atoms with E-state index in [9.17, 15) is 0 Å². The third-order valence-electron chi connectivity index (χ3n) is 1.31. The van der Waals surface area contributed by atoms with Crippen molar-refractivity contribution in [2.75, 3.05) is 0 Å². The molecule has 0 unspecified atom stereocenters. The zero-order valence-electron chi connectivity index (χ0n) is 4.04. The van der Waals surface area contributed by atoms with E-state index >= 15 is 0 Å². The summed E-state index contributed by atoms with van der Waals surface area (Å²) in [7, 11) is 0.273. The minimum Gasteiger partial charge on any atom is -0.104 e. The van der Waals surface area contributed by atoms with Gasteiger partial charge in [-0.1, -0.05) is 17.7 Å². The third kappa shape index (κ3) is 0.715. The van der Waals surface area contributed by atoms with Gasteiger partial charge in [-0.05, 0) is 6.42 Å². The van der Waals surface area contributed by atoms with Crippen molar-refractivity contribution in [1.82, 2.24) is 0 Å². The lowest BCUT2D eigenvalue weighted by atomic mass is 10.3. The van der Waals surface area contributed by atoms with E-state index in [2.05, 4.69) is 6.58 Å². The summed E-state index contributed by atoms with van der Waals surface area (Å²) in [5.41, 5.74) is 0. The van der Waals surface area contributed by atoms with Crippen molar-refractivity contribution in [3.63, 3.8) is 0 Å². The maximum atomic E-state index is 3.92. The van der Waals surface area contributed by atoms with Crippen LogP contribution in [-0.4, -0.2) is 9.52 Å². The van der Waals surface area contributed by atoms with Gasteiger partial charge >= 0.3 is 0 Å². The lowest BCUT2D eigenvalue weighted by Gasteiger charge is -1.79. The Morgan fingerprint density at radius 3 is 2.67 bits per heavy atom. The number of hydrogen-bond donors (Lipinski definition) is 0. The molecule has 1 aliphatic heterocycles. The van der Waals surface area contributed by atoms with Crippen molar-refractivity contribution in [2.24, 2.45) is 0 Å². The minimum absolute atomic E-state index is 0.273. The largest absolute Gasteiger partial charge is 0.104 e. The van der Waals surface area contributed by atoms with E-state index in [0.29, 0.717) is 0 Å². The van der Waals surface area contributed by atoms with E-state index in [1.165, 1.54) is 18.9 Å². The molecule has 0 nitrogen and oxygen atoms in total. The van der Waals surface area contributed by atoms with Crippen LogP contribution in [0.15, 0.2) is 11.8 Å². The van der Waals surface area contributed by atoms with Gasteiger partial charge in [0.15, 0.2) is 0 Å². The second-order valence-corrected chi connectivity index (χ2v) is 4.16. The predicted octanol–water partition coefficient (Wildman–Crippen LogP) is 0.881.